The second kappa shape index (κ2) is 7.06. The first kappa shape index (κ1) is 15.2. The van der Waals surface area contributed by atoms with E-state index < -0.39 is 0 Å². The van der Waals surface area contributed by atoms with E-state index in [0.717, 1.165) is 5.69 Å². The predicted octanol–water partition coefficient (Wildman–Crippen LogP) is 3.06. The van der Waals surface area contributed by atoms with Crippen molar-refractivity contribution in [2.24, 2.45) is 0 Å². The Morgan fingerprint density at radius 1 is 1.17 bits per heavy atom. The highest BCUT2D eigenvalue weighted by molar-refractivity contribution is 7.99. The minimum Gasteiger partial charge on any atom is -0.468 e. The molecule has 3 aromatic heterocycles. The van der Waals surface area contributed by atoms with Crippen molar-refractivity contribution >= 4 is 17.7 Å². The summed E-state index contributed by atoms with van der Waals surface area (Å²) in [6.45, 7) is 0. The van der Waals surface area contributed by atoms with Gasteiger partial charge in [-0.05, 0) is 30.3 Å². The molecule has 0 aliphatic heterocycles. The van der Waals surface area contributed by atoms with Crippen LogP contribution in [0.5, 0.6) is 0 Å². The van der Waals surface area contributed by atoms with Crippen LogP contribution in [-0.2, 0) is 9.53 Å². The number of rotatable bonds is 5. The van der Waals surface area contributed by atoms with Crippen LogP contribution in [0.2, 0.25) is 0 Å². The van der Waals surface area contributed by atoms with Crippen molar-refractivity contribution in [3.8, 4) is 22.8 Å². The van der Waals surface area contributed by atoms with Crippen molar-refractivity contribution in [2.75, 3.05) is 12.9 Å². The molecule has 0 spiro atoms. The molecule has 6 nitrogen and oxygen atoms in total. The summed E-state index contributed by atoms with van der Waals surface area (Å²) in [6.07, 6.45) is 3.28. The Morgan fingerprint density at radius 3 is 2.74 bits per heavy atom. The zero-order valence-electron chi connectivity index (χ0n) is 12.3. The molecule has 7 heteroatoms. The van der Waals surface area contributed by atoms with Crippen molar-refractivity contribution in [2.45, 2.75) is 5.16 Å². The lowest BCUT2D eigenvalue weighted by Gasteiger charge is -2.06. The van der Waals surface area contributed by atoms with E-state index in [1.807, 2.05) is 30.3 Å². The van der Waals surface area contributed by atoms with E-state index in [4.69, 9.17) is 4.42 Å². The molecule has 0 amide bonds. The molecule has 0 N–H and O–H groups in total. The van der Waals surface area contributed by atoms with E-state index in [1.54, 1.807) is 18.5 Å². The quantitative estimate of drug-likeness (QED) is 0.405. The molecule has 23 heavy (non-hydrogen) atoms. The number of hydrogen-bond acceptors (Lipinski definition) is 7. The maximum absolute atomic E-state index is 11.3. The summed E-state index contributed by atoms with van der Waals surface area (Å²) in [5, 5.41) is 0.463. The number of carbonyl (C=O) groups excluding carboxylic acids is 1. The van der Waals surface area contributed by atoms with Gasteiger partial charge in [0.15, 0.2) is 10.9 Å². The van der Waals surface area contributed by atoms with Crippen molar-refractivity contribution in [3.63, 3.8) is 0 Å². The Morgan fingerprint density at radius 2 is 2.04 bits per heavy atom. The first-order chi connectivity index (χ1) is 11.3. The number of thioether (sulfide) groups is 1. The molecule has 0 bridgehead atoms. The fraction of sp³-hybridized carbons (Fsp3) is 0.125. The van der Waals surface area contributed by atoms with Crippen LogP contribution in [0.1, 0.15) is 0 Å². The lowest BCUT2D eigenvalue weighted by molar-refractivity contribution is -0.137. The Bertz CT molecular complexity index is 792. The Labute approximate surface area is 136 Å². The maximum atomic E-state index is 11.3. The van der Waals surface area contributed by atoms with Gasteiger partial charge in [0.1, 0.15) is 5.69 Å². The highest BCUT2D eigenvalue weighted by atomic mass is 32.2. The Balaban J connectivity index is 1.98. The molecule has 0 atom stereocenters. The lowest BCUT2D eigenvalue weighted by atomic mass is 10.2. The van der Waals surface area contributed by atoms with Gasteiger partial charge in [-0.1, -0.05) is 17.8 Å². The number of furan rings is 1. The smallest absolute Gasteiger partial charge is 0.316 e. The summed E-state index contributed by atoms with van der Waals surface area (Å²) in [4.78, 5) is 24.5. The second-order valence-corrected chi connectivity index (χ2v) is 5.42. The van der Waals surface area contributed by atoms with E-state index in [-0.39, 0.29) is 11.7 Å². The standard InChI is InChI=1S/C16H13N3O3S/c1-21-15(20)10-23-16-18-12(11-5-2-3-7-17-11)9-13(19-16)14-6-4-8-22-14/h2-9H,10H2,1H3. The molecule has 0 unspecified atom stereocenters. The molecule has 3 rings (SSSR count). The number of pyridine rings is 1. The van der Waals surface area contributed by atoms with Crippen LogP contribution in [0.3, 0.4) is 0 Å². The molecule has 0 radical (unpaired) electrons. The molecule has 0 aliphatic rings. The fourth-order valence-electron chi connectivity index (χ4n) is 1.87. The zero-order chi connectivity index (χ0) is 16.1. The predicted molar refractivity (Wildman–Crippen MR) is 85.7 cm³/mol. The largest absolute Gasteiger partial charge is 0.468 e. The Kier molecular flexibility index (Phi) is 4.68. The van der Waals surface area contributed by atoms with Crippen molar-refractivity contribution in [1.29, 1.82) is 0 Å². The topological polar surface area (TPSA) is 78.1 Å². The van der Waals surface area contributed by atoms with Gasteiger partial charge in [0, 0.05) is 6.20 Å². The van der Waals surface area contributed by atoms with Crippen LogP contribution in [0.4, 0.5) is 0 Å². The van der Waals surface area contributed by atoms with Gasteiger partial charge in [-0.3, -0.25) is 9.78 Å². The zero-order valence-corrected chi connectivity index (χ0v) is 13.1. The molecule has 116 valence electrons. The molecule has 0 aromatic carbocycles. The molecule has 3 heterocycles. The molecular formula is C16H13N3O3S. The number of hydrogen-bond donors (Lipinski definition) is 0. The molecule has 0 fully saturated rings. The van der Waals surface area contributed by atoms with Gasteiger partial charge >= 0.3 is 5.97 Å². The van der Waals surface area contributed by atoms with Gasteiger partial charge in [-0.25, -0.2) is 9.97 Å². The minimum absolute atomic E-state index is 0.139. The molecule has 0 saturated carbocycles. The molecular weight excluding hydrogens is 314 g/mol. The lowest BCUT2D eigenvalue weighted by Crippen LogP contribution is -2.04. The summed E-state index contributed by atoms with van der Waals surface area (Å²) in [5.74, 6) is 0.436. The third-order valence-corrected chi connectivity index (χ3v) is 3.77. The first-order valence-electron chi connectivity index (χ1n) is 6.80. The van der Waals surface area contributed by atoms with Gasteiger partial charge in [0.2, 0.25) is 0 Å². The summed E-state index contributed by atoms with van der Waals surface area (Å²) < 4.78 is 10.0. The average Bonchev–Trinajstić information content (AvgIpc) is 3.15. The third-order valence-electron chi connectivity index (χ3n) is 2.95. The van der Waals surface area contributed by atoms with Gasteiger partial charge < -0.3 is 9.15 Å². The molecule has 0 saturated heterocycles. The van der Waals surface area contributed by atoms with Gasteiger partial charge in [0.05, 0.1) is 30.5 Å². The van der Waals surface area contributed by atoms with Crippen molar-refractivity contribution < 1.29 is 13.9 Å². The van der Waals surface area contributed by atoms with E-state index in [0.29, 0.717) is 22.3 Å². The van der Waals surface area contributed by atoms with Gasteiger partial charge in [-0.2, -0.15) is 0 Å². The van der Waals surface area contributed by atoms with Gasteiger partial charge in [0.25, 0.3) is 0 Å². The van der Waals surface area contributed by atoms with Crippen molar-refractivity contribution in [3.05, 3.63) is 48.9 Å². The highest BCUT2D eigenvalue weighted by Crippen LogP contribution is 2.26. The van der Waals surface area contributed by atoms with E-state index in [1.165, 1.54) is 18.9 Å². The van der Waals surface area contributed by atoms with Gasteiger partial charge in [-0.15, -0.1) is 0 Å². The van der Waals surface area contributed by atoms with Crippen LogP contribution < -0.4 is 0 Å². The maximum Gasteiger partial charge on any atom is 0.316 e. The fourth-order valence-corrected chi connectivity index (χ4v) is 2.56. The summed E-state index contributed by atoms with van der Waals surface area (Å²) >= 11 is 1.21. The number of methoxy groups -OCH3 is 1. The average molecular weight is 327 g/mol. The van der Waals surface area contributed by atoms with Crippen LogP contribution in [0.15, 0.2) is 58.4 Å². The summed E-state index contributed by atoms with van der Waals surface area (Å²) in [7, 11) is 1.35. The van der Waals surface area contributed by atoms with Crippen LogP contribution in [0, 0.1) is 0 Å². The highest BCUT2D eigenvalue weighted by Gasteiger charge is 2.12. The minimum atomic E-state index is -0.332. The summed E-state index contributed by atoms with van der Waals surface area (Å²) in [6, 6.07) is 11.0. The third kappa shape index (κ3) is 3.75. The number of aromatic nitrogens is 3. The van der Waals surface area contributed by atoms with Crippen LogP contribution in [-0.4, -0.2) is 33.8 Å². The molecule has 3 aromatic rings. The number of esters is 1. The number of ether oxygens (including phenoxy) is 1. The number of carbonyl (C=O) groups is 1. The van der Waals surface area contributed by atoms with Crippen LogP contribution in [0.25, 0.3) is 22.8 Å². The second-order valence-electron chi connectivity index (χ2n) is 4.48. The molecule has 0 aliphatic carbocycles. The van der Waals surface area contributed by atoms with E-state index >= 15 is 0 Å². The van der Waals surface area contributed by atoms with E-state index in [2.05, 4.69) is 19.7 Å². The first-order valence-corrected chi connectivity index (χ1v) is 7.79. The summed E-state index contributed by atoms with van der Waals surface area (Å²) in [5.41, 5.74) is 2.03. The van der Waals surface area contributed by atoms with E-state index in [9.17, 15) is 4.79 Å². The normalized spacial score (nSPS) is 10.5. The SMILES string of the molecule is COC(=O)CSc1nc(-c2ccccn2)cc(-c2ccco2)n1. The Hall–Kier alpha value is -2.67. The number of nitrogens with zero attached hydrogens (tertiary/aromatic N) is 3. The van der Waals surface area contributed by atoms with Crippen molar-refractivity contribution in [1.82, 2.24) is 15.0 Å². The monoisotopic (exact) mass is 327 g/mol. The van der Waals surface area contributed by atoms with Crippen LogP contribution >= 0.6 is 11.8 Å².